The van der Waals surface area contributed by atoms with E-state index in [1.807, 2.05) is 28.9 Å². The molecule has 0 saturated heterocycles. The minimum absolute atomic E-state index is 0.0699. The summed E-state index contributed by atoms with van der Waals surface area (Å²) in [6, 6.07) is 10.2. The average molecular weight is 586 g/mol. The van der Waals surface area contributed by atoms with E-state index in [4.69, 9.17) is 19.6 Å². The Morgan fingerprint density at radius 1 is 1.02 bits per heavy atom. The molecule has 2 aromatic heterocycles. The summed E-state index contributed by atoms with van der Waals surface area (Å²) in [6.45, 7) is 5.85. The topological polar surface area (TPSA) is 90.3 Å². The van der Waals surface area contributed by atoms with E-state index in [0.29, 0.717) is 35.5 Å². The molecule has 2 atom stereocenters. The van der Waals surface area contributed by atoms with Crippen molar-refractivity contribution in [2.45, 2.75) is 51.7 Å². The number of hydrogen-bond donors (Lipinski definition) is 2. The van der Waals surface area contributed by atoms with Gasteiger partial charge in [-0.2, -0.15) is 5.10 Å². The van der Waals surface area contributed by atoms with Gasteiger partial charge in [-0.15, -0.1) is 0 Å². The monoisotopic (exact) mass is 585 g/mol. The quantitative estimate of drug-likeness (QED) is 0.277. The van der Waals surface area contributed by atoms with Gasteiger partial charge in [-0.3, -0.25) is 9.48 Å². The highest BCUT2D eigenvalue weighted by Gasteiger charge is 2.32. The summed E-state index contributed by atoms with van der Waals surface area (Å²) in [7, 11) is 1.55. The van der Waals surface area contributed by atoms with Crippen LogP contribution in [-0.2, 0) is 24.1 Å². The maximum atomic E-state index is 16.0. The van der Waals surface area contributed by atoms with Crippen molar-refractivity contribution < 1.29 is 23.0 Å². The molecule has 4 heterocycles. The smallest absolute Gasteiger partial charge is 0.251 e. The number of halogens is 2. The number of aromatic nitrogens is 3. The normalized spacial score (nSPS) is 18.8. The molecule has 2 aromatic carbocycles. The Morgan fingerprint density at radius 3 is 2.67 bits per heavy atom. The second-order valence-corrected chi connectivity index (χ2v) is 11.5. The first kappa shape index (κ1) is 27.7. The van der Waals surface area contributed by atoms with Crippen molar-refractivity contribution in [2.75, 3.05) is 26.9 Å². The van der Waals surface area contributed by atoms with Gasteiger partial charge in [-0.25, -0.2) is 13.8 Å². The van der Waals surface area contributed by atoms with E-state index < -0.39 is 11.6 Å². The molecule has 2 aliphatic heterocycles. The fourth-order valence-electron chi connectivity index (χ4n) is 6.59. The summed E-state index contributed by atoms with van der Waals surface area (Å²) in [4.78, 5) is 17.8. The Kier molecular flexibility index (Phi) is 6.98. The second-order valence-electron chi connectivity index (χ2n) is 11.5. The van der Waals surface area contributed by atoms with Gasteiger partial charge in [0.1, 0.15) is 29.7 Å². The van der Waals surface area contributed by atoms with E-state index in [9.17, 15) is 9.18 Å². The third-order valence-corrected chi connectivity index (χ3v) is 8.73. The van der Waals surface area contributed by atoms with Crippen LogP contribution >= 0.6 is 0 Å². The van der Waals surface area contributed by atoms with Gasteiger partial charge in [0.05, 0.1) is 35.3 Å². The van der Waals surface area contributed by atoms with Gasteiger partial charge in [-0.1, -0.05) is 12.1 Å². The van der Waals surface area contributed by atoms with Crippen molar-refractivity contribution in [3.05, 3.63) is 76.0 Å². The lowest BCUT2D eigenvalue weighted by Crippen LogP contribution is -2.34. The van der Waals surface area contributed by atoms with Crippen LogP contribution in [0.15, 0.2) is 36.4 Å². The lowest BCUT2D eigenvalue weighted by molar-refractivity contribution is 0.0965. The molecule has 2 unspecified atom stereocenters. The van der Waals surface area contributed by atoms with E-state index in [-0.39, 0.29) is 42.5 Å². The number of nitrogens with one attached hydrogen (secondary N) is 2. The van der Waals surface area contributed by atoms with Crippen molar-refractivity contribution in [3.63, 3.8) is 0 Å². The minimum atomic E-state index is -0.723. The SMILES string of the molecule is COCCOc1cc(F)cc(F)c1-c1c(-c2cc3n(n2)C(C)CNC3C)nc(-c2ccc3c(c2)C(=O)NC3)c2c1CCC2. The Hall–Kier alpha value is -4.15. The molecule has 0 fully saturated rings. The first-order valence-corrected chi connectivity index (χ1v) is 14.8. The van der Waals surface area contributed by atoms with Crippen LogP contribution in [0.25, 0.3) is 33.8 Å². The lowest BCUT2D eigenvalue weighted by atomic mass is 9.90. The minimum Gasteiger partial charge on any atom is -0.490 e. The summed E-state index contributed by atoms with van der Waals surface area (Å²) in [5, 5.41) is 11.4. The van der Waals surface area contributed by atoms with Gasteiger partial charge < -0.3 is 20.1 Å². The Morgan fingerprint density at radius 2 is 1.86 bits per heavy atom. The lowest BCUT2D eigenvalue weighted by Gasteiger charge is -2.27. The molecule has 0 spiro atoms. The molecule has 10 heteroatoms. The van der Waals surface area contributed by atoms with Crippen LogP contribution in [0.4, 0.5) is 8.78 Å². The van der Waals surface area contributed by atoms with Crippen LogP contribution in [0.3, 0.4) is 0 Å². The number of nitrogens with zero attached hydrogens (tertiary/aromatic N) is 3. The fraction of sp³-hybridized carbons (Fsp3) is 0.364. The van der Waals surface area contributed by atoms with Crippen LogP contribution in [0.1, 0.15) is 65.1 Å². The summed E-state index contributed by atoms with van der Waals surface area (Å²) in [5.74, 6) is -1.45. The molecule has 7 rings (SSSR count). The van der Waals surface area contributed by atoms with Gasteiger partial charge >= 0.3 is 0 Å². The Balaban J connectivity index is 1.51. The number of benzene rings is 2. The maximum absolute atomic E-state index is 16.0. The molecule has 1 amide bonds. The van der Waals surface area contributed by atoms with E-state index >= 15 is 4.39 Å². The van der Waals surface area contributed by atoms with Gasteiger partial charge in [0.2, 0.25) is 0 Å². The zero-order chi connectivity index (χ0) is 29.8. The number of pyridine rings is 1. The van der Waals surface area contributed by atoms with Crippen molar-refractivity contribution in [3.8, 4) is 39.5 Å². The summed E-state index contributed by atoms with van der Waals surface area (Å²) in [5.41, 5.74) is 7.97. The van der Waals surface area contributed by atoms with Crippen LogP contribution in [0.5, 0.6) is 5.75 Å². The molecule has 0 bridgehead atoms. The Labute approximate surface area is 248 Å². The molecular weight excluding hydrogens is 552 g/mol. The van der Waals surface area contributed by atoms with Crippen LogP contribution in [0.2, 0.25) is 0 Å². The molecule has 4 aromatic rings. The molecule has 1 aliphatic carbocycles. The standard InChI is InChI=1S/C33H33F2N5O3/c1-17-15-36-18(2)27-14-26(39-40(17)27)32-29(30-25(35)12-21(34)13-28(30)43-10-9-42-3)22-5-4-6-23(22)31(38-32)19-7-8-20-16-37-33(41)24(20)11-19/h7-8,11-14,17-18,36H,4-6,9-10,15-16H2,1-3H3,(H,37,41). The zero-order valence-electron chi connectivity index (χ0n) is 24.4. The second kappa shape index (κ2) is 10.8. The van der Waals surface area contributed by atoms with Crippen LogP contribution < -0.4 is 15.4 Å². The average Bonchev–Trinajstić information content (AvgIpc) is 3.74. The molecule has 8 nitrogen and oxygen atoms in total. The van der Waals surface area contributed by atoms with Crippen molar-refractivity contribution >= 4 is 5.91 Å². The number of hydrogen-bond acceptors (Lipinski definition) is 6. The van der Waals surface area contributed by atoms with Crippen molar-refractivity contribution in [1.29, 1.82) is 0 Å². The Bertz CT molecular complexity index is 1740. The highest BCUT2D eigenvalue weighted by Crippen LogP contribution is 2.47. The fourth-order valence-corrected chi connectivity index (χ4v) is 6.59. The third-order valence-electron chi connectivity index (χ3n) is 8.73. The van der Waals surface area contributed by atoms with Crippen LogP contribution in [0, 0.1) is 11.6 Å². The number of fused-ring (bicyclic) bond motifs is 3. The summed E-state index contributed by atoms with van der Waals surface area (Å²) in [6.07, 6.45) is 2.29. The molecule has 43 heavy (non-hydrogen) atoms. The predicted octanol–water partition coefficient (Wildman–Crippen LogP) is 5.54. The van der Waals surface area contributed by atoms with E-state index in [1.54, 1.807) is 7.11 Å². The number of amides is 1. The molecule has 3 aliphatic rings. The van der Waals surface area contributed by atoms with Crippen molar-refractivity contribution in [2.24, 2.45) is 0 Å². The molecular formula is C33H33F2N5O3. The number of methoxy groups -OCH3 is 1. The third kappa shape index (κ3) is 4.69. The van der Waals surface area contributed by atoms with Crippen molar-refractivity contribution in [1.82, 2.24) is 25.4 Å². The maximum Gasteiger partial charge on any atom is 0.251 e. The molecule has 0 radical (unpaired) electrons. The largest absolute Gasteiger partial charge is 0.490 e. The molecule has 0 saturated carbocycles. The van der Waals surface area contributed by atoms with Gasteiger partial charge in [0, 0.05) is 55.1 Å². The van der Waals surface area contributed by atoms with Crippen LogP contribution in [-0.4, -0.2) is 47.5 Å². The first-order valence-electron chi connectivity index (χ1n) is 14.8. The van der Waals surface area contributed by atoms with E-state index in [2.05, 4.69) is 24.5 Å². The van der Waals surface area contributed by atoms with Gasteiger partial charge in [0.15, 0.2) is 0 Å². The zero-order valence-corrected chi connectivity index (χ0v) is 24.4. The van der Waals surface area contributed by atoms with Gasteiger partial charge in [-0.05, 0) is 61.9 Å². The number of rotatable bonds is 7. The summed E-state index contributed by atoms with van der Waals surface area (Å²) < 4.78 is 43.6. The molecule has 222 valence electrons. The number of carbonyl (C=O) groups is 1. The number of carbonyl (C=O) groups excluding carboxylic acids is 1. The predicted molar refractivity (Wildman–Crippen MR) is 158 cm³/mol. The molecule has 2 N–H and O–H groups in total. The van der Waals surface area contributed by atoms with E-state index in [1.165, 1.54) is 6.07 Å². The highest BCUT2D eigenvalue weighted by molar-refractivity contribution is 5.99. The van der Waals surface area contributed by atoms with Gasteiger partial charge in [0.25, 0.3) is 5.91 Å². The number of ether oxygens (including phenoxy) is 2. The summed E-state index contributed by atoms with van der Waals surface area (Å²) >= 11 is 0. The highest BCUT2D eigenvalue weighted by atomic mass is 19.1. The first-order chi connectivity index (χ1) is 20.8. The van der Waals surface area contributed by atoms with E-state index in [0.717, 1.165) is 59.1 Å².